The Kier molecular flexibility index (Phi) is 5.20. The smallest absolute Gasteiger partial charge is 0.261 e. The molecule has 1 atom stereocenters. The summed E-state index contributed by atoms with van der Waals surface area (Å²) in [7, 11) is 0. The molecule has 2 N–H and O–H groups in total. The number of aromatic nitrogens is 1. The lowest BCUT2D eigenvalue weighted by Gasteiger charge is -2.34. The van der Waals surface area contributed by atoms with E-state index >= 15 is 0 Å². The van der Waals surface area contributed by atoms with Crippen molar-refractivity contribution in [3.63, 3.8) is 0 Å². The largest absolute Gasteiger partial charge is 0.333 e. The van der Waals surface area contributed by atoms with E-state index in [1.165, 1.54) is 6.07 Å². The normalized spacial score (nSPS) is 22.5. The van der Waals surface area contributed by atoms with Gasteiger partial charge in [-0.3, -0.25) is 14.4 Å². The molecule has 1 saturated heterocycles. The fourth-order valence-electron chi connectivity index (χ4n) is 3.48. The first-order valence-corrected chi connectivity index (χ1v) is 8.09. The van der Waals surface area contributed by atoms with Gasteiger partial charge in [0, 0.05) is 43.4 Å². The van der Waals surface area contributed by atoms with Crippen molar-refractivity contribution < 1.29 is 9.59 Å². The number of H-pyrrole nitrogens is 1. The van der Waals surface area contributed by atoms with E-state index < -0.39 is 5.56 Å². The second-order valence-electron chi connectivity index (χ2n) is 7.40. The summed E-state index contributed by atoms with van der Waals surface area (Å²) in [5, 5.41) is 3.22. The van der Waals surface area contributed by atoms with Gasteiger partial charge in [-0.25, -0.2) is 0 Å². The fourth-order valence-corrected chi connectivity index (χ4v) is 3.48. The zero-order valence-electron chi connectivity index (χ0n) is 14.3. The van der Waals surface area contributed by atoms with Crippen LogP contribution >= 0.6 is 12.4 Å². The Bertz CT molecular complexity index is 726. The number of carbonyl (C=O) groups is 2. The lowest BCUT2D eigenvalue weighted by Crippen LogP contribution is -2.53. The summed E-state index contributed by atoms with van der Waals surface area (Å²) in [5.74, 6) is -0.296. The maximum absolute atomic E-state index is 12.7. The topological polar surface area (TPSA) is 82.3 Å². The molecular weight excluding hydrogens is 330 g/mol. The summed E-state index contributed by atoms with van der Waals surface area (Å²) in [6, 6.07) is 1.53. The molecule has 0 saturated carbocycles. The SMILES string of the molecule is C[C@H]1CNCCN1C(=O)c1cc2c([nH]c1=O)CC(C)(C)CC2=O.Cl. The predicted octanol–water partition coefficient (Wildman–Crippen LogP) is 1.39. The highest BCUT2D eigenvalue weighted by atomic mass is 35.5. The number of nitrogens with one attached hydrogen (secondary N) is 2. The molecule has 1 fully saturated rings. The first-order chi connectivity index (χ1) is 10.8. The molecule has 2 aliphatic rings. The molecule has 0 unspecified atom stereocenters. The molecule has 2 heterocycles. The predicted molar refractivity (Wildman–Crippen MR) is 94.1 cm³/mol. The second kappa shape index (κ2) is 6.69. The maximum atomic E-state index is 12.7. The average molecular weight is 354 g/mol. The molecule has 1 amide bonds. The number of amides is 1. The van der Waals surface area contributed by atoms with Crippen molar-refractivity contribution in [3.8, 4) is 0 Å². The van der Waals surface area contributed by atoms with Crippen molar-refractivity contribution in [1.29, 1.82) is 0 Å². The molecule has 0 bridgehead atoms. The van der Waals surface area contributed by atoms with E-state index in [1.54, 1.807) is 4.90 Å². The molecule has 7 heteroatoms. The highest BCUT2D eigenvalue weighted by molar-refractivity contribution is 6.02. The Morgan fingerprint density at radius 2 is 2.00 bits per heavy atom. The van der Waals surface area contributed by atoms with Gasteiger partial charge < -0.3 is 15.2 Å². The molecule has 0 radical (unpaired) electrons. The van der Waals surface area contributed by atoms with Crippen LogP contribution in [0.1, 0.15) is 53.6 Å². The van der Waals surface area contributed by atoms with Crippen LogP contribution in [0.3, 0.4) is 0 Å². The lowest BCUT2D eigenvalue weighted by atomic mass is 9.75. The zero-order valence-corrected chi connectivity index (χ0v) is 15.1. The van der Waals surface area contributed by atoms with Crippen molar-refractivity contribution >= 4 is 24.1 Å². The van der Waals surface area contributed by atoms with Gasteiger partial charge in [-0.05, 0) is 24.8 Å². The van der Waals surface area contributed by atoms with Crippen LogP contribution in [-0.2, 0) is 6.42 Å². The van der Waals surface area contributed by atoms with E-state index in [9.17, 15) is 14.4 Å². The van der Waals surface area contributed by atoms with E-state index in [0.717, 1.165) is 0 Å². The Labute approximate surface area is 147 Å². The van der Waals surface area contributed by atoms with Crippen LogP contribution in [0.5, 0.6) is 0 Å². The van der Waals surface area contributed by atoms with Crippen LogP contribution in [-0.4, -0.2) is 47.3 Å². The fraction of sp³-hybridized carbons (Fsp3) is 0.588. The summed E-state index contributed by atoms with van der Waals surface area (Å²) in [4.78, 5) is 41.9. The monoisotopic (exact) mass is 353 g/mol. The number of halogens is 1. The first-order valence-electron chi connectivity index (χ1n) is 8.09. The Hall–Kier alpha value is -1.66. The van der Waals surface area contributed by atoms with Gasteiger partial charge in [0.05, 0.1) is 0 Å². The minimum absolute atomic E-state index is 0. The molecule has 24 heavy (non-hydrogen) atoms. The molecule has 1 aromatic rings. The second-order valence-corrected chi connectivity index (χ2v) is 7.40. The van der Waals surface area contributed by atoms with Gasteiger partial charge in [-0.1, -0.05) is 13.8 Å². The summed E-state index contributed by atoms with van der Waals surface area (Å²) in [6.45, 7) is 7.96. The third-order valence-corrected chi connectivity index (χ3v) is 4.71. The molecule has 1 aliphatic heterocycles. The Balaban J connectivity index is 0.00000208. The first kappa shape index (κ1) is 18.7. The van der Waals surface area contributed by atoms with Crippen LogP contribution in [0, 0.1) is 5.41 Å². The van der Waals surface area contributed by atoms with Gasteiger partial charge in [0.15, 0.2) is 5.78 Å². The molecule has 1 aliphatic carbocycles. The van der Waals surface area contributed by atoms with Crippen molar-refractivity contribution in [3.05, 3.63) is 33.2 Å². The standard InChI is InChI=1S/C17H23N3O3.ClH/c1-10-9-18-4-5-20(10)16(23)12-6-11-13(19-15(12)22)7-17(2,3)8-14(11)21;/h6,10,18H,4-5,7-9H2,1-3H3,(H,19,22);1H/t10-;/m0./s1. The van der Waals surface area contributed by atoms with Crippen LogP contribution < -0.4 is 10.9 Å². The van der Waals surface area contributed by atoms with E-state index in [-0.39, 0.29) is 41.1 Å². The Morgan fingerprint density at radius 3 is 2.67 bits per heavy atom. The summed E-state index contributed by atoms with van der Waals surface area (Å²) >= 11 is 0. The molecule has 6 nitrogen and oxygen atoms in total. The third-order valence-electron chi connectivity index (χ3n) is 4.71. The number of piperazine rings is 1. The number of nitrogens with zero attached hydrogens (tertiary/aromatic N) is 1. The van der Waals surface area contributed by atoms with Crippen LogP contribution in [0.2, 0.25) is 0 Å². The van der Waals surface area contributed by atoms with Gasteiger partial charge in [0.25, 0.3) is 11.5 Å². The number of hydrogen-bond acceptors (Lipinski definition) is 4. The number of ketones is 1. The van der Waals surface area contributed by atoms with Gasteiger partial charge in [-0.2, -0.15) is 0 Å². The quantitative estimate of drug-likeness (QED) is 0.799. The van der Waals surface area contributed by atoms with E-state index in [0.29, 0.717) is 43.7 Å². The van der Waals surface area contributed by atoms with Gasteiger partial charge in [0.2, 0.25) is 0 Å². The van der Waals surface area contributed by atoms with Crippen molar-refractivity contribution in [2.24, 2.45) is 5.41 Å². The number of aromatic amines is 1. The molecular formula is C17H24ClN3O3. The summed E-state index contributed by atoms with van der Waals surface area (Å²) in [6.07, 6.45) is 1.07. The number of Topliss-reactive ketones (excluding diaryl/α,β-unsaturated/α-hetero) is 1. The molecule has 132 valence electrons. The van der Waals surface area contributed by atoms with Crippen LogP contribution in [0.4, 0.5) is 0 Å². The molecule has 3 rings (SSSR count). The highest BCUT2D eigenvalue weighted by Crippen LogP contribution is 2.33. The van der Waals surface area contributed by atoms with Crippen LogP contribution in [0.25, 0.3) is 0 Å². The van der Waals surface area contributed by atoms with Gasteiger partial charge in [-0.15, -0.1) is 12.4 Å². The van der Waals surface area contributed by atoms with Crippen molar-refractivity contribution in [1.82, 2.24) is 15.2 Å². The van der Waals surface area contributed by atoms with E-state index in [2.05, 4.69) is 10.3 Å². The molecule has 0 spiro atoms. The number of carbonyl (C=O) groups excluding carboxylic acids is 2. The van der Waals surface area contributed by atoms with E-state index in [4.69, 9.17) is 0 Å². The van der Waals surface area contributed by atoms with Gasteiger partial charge in [0.1, 0.15) is 5.56 Å². The number of hydrogen-bond donors (Lipinski definition) is 2. The minimum atomic E-state index is -0.398. The average Bonchev–Trinajstić information content (AvgIpc) is 2.45. The Morgan fingerprint density at radius 1 is 1.29 bits per heavy atom. The number of fused-ring (bicyclic) bond motifs is 1. The highest BCUT2D eigenvalue weighted by Gasteiger charge is 2.34. The summed E-state index contributed by atoms with van der Waals surface area (Å²) in [5.41, 5.74) is 0.665. The minimum Gasteiger partial charge on any atom is -0.333 e. The maximum Gasteiger partial charge on any atom is 0.261 e. The zero-order chi connectivity index (χ0) is 16.8. The lowest BCUT2D eigenvalue weighted by molar-refractivity contribution is 0.0654. The van der Waals surface area contributed by atoms with Crippen LogP contribution in [0.15, 0.2) is 10.9 Å². The number of pyridine rings is 1. The van der Waals surface area contributed by atoms with Crippen molar-refractivity contribution in [2.75, 3.05) is 19.6 Å². The van der Waals surface area contributed by atoms with E-state index in [1.807, 2.05) is 20.8 Å². The molecule has 1 aromatic heterocycles. The summed E-state index contributed by atoms with van der Waals surface area (Å²) < 4.78 is 0. The van der Waals surface area contributed by atoms with Crippen molar-refractivity contribution in [2.45, 2.75) is 39.7 Å². The number of rotatable bonds is 1. The molecule has 0 aromatic carbocycles. The third kappa shape index (κ3) is 3.39. The van der Waals surface area contributed by atoms with Gasteiger partial charge >= 0.3 is 0 Å².